The highest BCUT2D eigenvalue weighted by Crippen LogP contribution is 2.29. The summed E-state index contributed by atoms with van der Waals surface area (Å²) in [4.78, 5) is 13.4. The zero-order valence-corrected chi connectivity index (χ0v) is 20.9. The molecule has 0 saturated heterocycles. The minimum Gasteiger partial charge on any atom is -0.497 e. The Kier molecular flexibility index (Phi) is 10.9. The number of ether oxygens (including phenoxy) is 2. The molecule has 186 valence electrons. The maximum atomic E-state index is 13.4. The summed E-state index contributed by atoms with van der Waals surface area (Å²) in [5, 5.41) is 13.9. The minimum absolute atomic E-state index is 0. The van der Waals surface area contributed by atoms with Crippen molar-refractivity contribution in [1.82, 2.24) is 5.32 Å². The molecule has 0 heterocycles. The van der Waals surface area contributed by atoms with Crippen LogP contribution in [0.2, 0.25) is 0 Å². The van der Waals surface area contributed by atoms with Crippen LogP contribution >= 0.6 is 12.4 Å². The van der Waals surface area contributed by atoms with Gasteiger partial charge in [-0.05, 0) is 53.9 Å². The van der Waals surface area contributed by atoms with E-state index < -0.39 is 6.04 Å². The van der Waals surface area contributed by atoms with Crippen LogP contribution in [0, 0.1) is 5.41 Å². The normalized spacial score (nSPS) is 11.0. The first-order chi connectivity index (χ1) is 16.5. The van der Waals surface area contributed by atoms with Crippen LogP contribution in [0.15, 0.2) is 72.8 Å². The number of methoxy groups -OCH3 is 1. The number of carbonyl (C=O) groups is 1. The molecule has 35 heavy (non-hydrogen) atoms. The van der Waals surface area contributed by atoms with E-state index in [0.717, 1.165) is 24.1 Å². The Morgan fingerprint density at radius 3 is 2.34 bits per heavy atom. The summed E-state index contributed by atoms with van der Waals surface area (Å²) in [6.45, 7) is 3.10. The van der Waals surface area contributed by atoms with Crippen molar-refractivity contribution in [3.63, 3.8) is 0 Å². The minimum atomic E-state index is -0.699. The van der Waals surface area contributed by atoms with Crippen LogP contribution in [0.3, 0.4) is 0 Å². The van der Waals surface area contributed by atoms with Crippen LogP contribution in [0.25, 0.3) is 0 Å². The number of rotatable bonds is 12. The smallest absolute Gasteiger partial charge is 0.247 e. The Bertz CT molecular complexity index is 1090. The quantitative estimate of drug-likeness (QED) is 0.159. The lowest BCUT2D eigenvalue weighted by molar-refractivity contribution is -0.122. The Morgan fingerprint density at radius 2 is 1.71 bits per heavy atom. The Morgan fingerprint density at radius 1 is 1.03 bits per heavy atom. The maximum absolute atomic E-state index is 13.4. The second-order valence-electron chi connectivity index (χ2n) is 7.92. The van der Waals surface area contributed by atoms with E-state index in [4.69, 9.17) is 20.6 Å². The van der Waals surface area contributed by atoms with E-state index in [0.29, 0.717) is 35.8 Å². The number of benzene rings is 3. The molecule has 1 unspecified atom stereocenters. The molecule has 0 radical (unpaired) electrons. The predicted octanol–water partition coefficient (Wildman–Crippen LogP) is 5.05. The largest absolute Gasteiger partial charge is 0.497 e. The second-order valence-corrected chi connectivity index (χ2v) is 7.92. The number of halogens is 1. The fourth-order valence-electron chi connectivity index (χ4n) is 3.40. The van der Waals surface area contributed by atoms with Crippen molar-refractivity contribution in [3.05, 3.63) is 89.5 Å². The number of nitrogens with one attached hydrogen (secondary N) is 3. The molecule has 0 spiro atoms. The van der Waals surface area contributed by atoms with Crippen LogP contribution in [-0.2, 0) is 11.3 Å². The molecule has 3 aromatic carbocycles. The van der Waals surface area contributed by atoms with Gasteiger partial charge in [0.15, 0.2) is 0 Å². The van der Waals surface area contributed by atoms with E-state index in [9.17, 15) is 4.79 Å². The predicted molar refractivity (Wildman–Crippen MR) is 143 cm³/mol. The zero-order chi connectivity index (χ0) is 24.3. The summed E-state index contributed by atoms with van der Waals surface area (Å²) in [7, 11) is 1.59. The van der Waals surface area contributed by atoms with Gasteiger partial charge >= 0.3 is 0 Å². The molecular formula is C27H33ClN4O3. The van der Waals surface area contributed by atoms with Gasteiger partial charge in [-0.2, -0.15) is 0 Å². The van der Waals surface area contributed by atoms with Gasteiger partial charge < -0.3 is 25.8 Å². The highest BCUT2D eigenvalue weighted by molar-refractivity contribution is 5.95. The first-order valence-corrected chi connectivity index (χ1v) is 11.3. The monoisotopic (exact) mass is 496 g/mol. The number of amidine groups is 1. The number of anilines is 1. The molecule has 1 atom stereocenters. The van der Waals surface area contributed by atoms with Gasteiger partial charge in [0.25, 0.3) is 0 Å². The third kappa shape index (κ3) is 8.22. The molecule has 0 aliphatic rings. The van der Waals surface area contributed by atoms with E-state index >= 15 is 0 Å². The molecule has 0 aliphatic heterocycles. The Hall–Kier alpha value is -3.71. The molecule has 1 amide bonds. The van der Waals surface area contributed by atoms with Gasteiger partial charge in [-0.3, -0.25) is 10.2 Å². The molecule has 0 saturated carbocycles. The lowest BCUT2D eigenvalue weighted by Crippen LogP contribution is -2.33. The molecule has 5 N–H and O–H groups in total. The first kappa shape index (κ1) is 27.5. The SMILES string of the molecule is CCCCOc1cc(OC)cc(C(Nc2ccc(C(=N)N)cc2)C(=O)NCc2ccccc2)c1.Cl. The standard InChI is InChI=1S/C27H32N4O3.ClH/c1-3-4-14-34-24-16-21(15-23(17-24)33-2)25(27(32)30-18-19-8-6-5-7-9-19)31-22-12-10-20(11-13-22)26(28)29;/h5-13,15-17,25,31H,3-4,14,18H2,1-2H3,(H3,28,29)(H,30,32);1H. The van der Waals surface area contributed by atoms with Crippen molar-refractivity contribution in [2.75, 3.05) is 19.0 Å². The molecule has 0 aliphatic carbocycles. The van der Waals surface area contributed by atoms with Gasteiger partial charge in [-0.25, -0.2) is 0 Å². The van der Waals surface area contributed by atoms with Gasteiger partial charge in [0.2, 0.25) is 5.91 Å². The lowest BCUT2D eigenvalue weighted by Gasteiger charge is -2.22. The van der Waals surface area contributed by atoms with Crippen molar-refractivity contribution in [2.24, 2.45) is 5.73 Å². The molecule has 0 bridgehead atoms. The molecule has 3 rings (SSSR count). The molecule has 0 aromatic heterocycles. The summed E-state index contributed by atoms with van der Waals surface area (Å²) >= 11 is 0. The fourth-order valence-corrected chi connectivity index (χ4v) is 3.40. The number of unbranched alkanes of at least 4 members (excludes halogenated alkanes) is 1. The van der Waals surface area contributed by atoms with Gasteiger partial charge in [0.05, 0.1) is 13.7 Å². The maximum Gasteiger partial charge on any atom is 0.247 e. The van der Waals surface area contributed by atoms with Crippen molar-refractivity contribution in [3.8, 4) is 11.5 Å². The van der Waals surface area contributed by atoms with Crippen LogP contribution in [0.4, 0.5) is 5.69 Å². The van der Waals surface area contributed by atoms with Crippen LogP contribution in [-0.4, -0.2) is 25.5 Å². The number of nitrogen functional groups attached to an aromatic ring is 1. The van der Waals surface area contributed by atoms with Gasteiger partial charge in [-0.15, -0.1) is 12.4 Å². The van der Waals surface area contributed by atoms with Crippen molar-refractivity contribution < 1.29 is 14.3 Å². The number of amides is 1. The Labute approximate surface area is 212 Å². The second kappa shape index (κ2) is 13.9. The molecular weight excluding hydrogens is 464 g/mol. The number of nitrogens with two attached hydrogens (primary N) is 1. The summed E-state index contributed by atoms with van der Waals surface area (Å²) in [5.41, 5.74) is 8.63. The Balaban J connectivity index is 0.00000432. The summed E-state index contributed by atoms with van der Waals surface area (Å²) in [5.74, 6) is 1.06. The van der Waals surface area contributed by atoms with Crippen LogP contribution < -0.4 is 25.8 Å². The van der Waals surface area contributed by atoms with E-state index in [1.54, 1.807) is 31.4 Å². The van der Waals surface area contributed by atoms with Crippen LogP contribution in [0.1, 0.15) is 42.5 Å². The number of carbonyl (C=O) groups excluding carboxylic acids is 1. The third-order valence-corrected chi connectivity index (χ3v) is 5.32. The highest BCUT2D eigenvalue weighted by atomic mass is 35.5. The van der Waals surface area contributed by atoms with Gasteiger partial charge in [-0.1, -0.05) is 43.7 Å². The fraction of sp³-hybridized carbons (Fsp3) is 0.259. The third-order valence-electron chi connectivity index (χ3n) is 5.32. The summed E-state index contributed by atoms with van der Waals surface area (Å²) in [6.07, 6.45) is 1.97. The molecule has 3 aromatic rings. The summed E-state index contributed by atoms with van der Waals surface area (Å²) in [6, 6.07) is 21.7. The van der Waals surface area contributed by atoms with Crippen molar-refractivity contribution in [2.45, 2.75) is 32.4 Å². The van der Waals surface area contributed by atoms with Crippen molar-refractivity contribution in [1.29, 1.82) is 5.41 Å². The van der Waals surface area contributed by atoms with Crippen LogP contribution in [0.5, 0.6) is 11.5 Å². The van der Waals surface area contributed by atoms with E-state index in [1.165, 1.54) is 0 Å². The molecule has 8 heteroatoms. The highest BCUT2D eigenvalue weighted by Gasteiger charge is 2.22. The van der Waals surface area contributed by atoms with Gasteiger partial charge in [0.1, 0.15) is 23.4 Å². The topological polar surface area (TPSA) is 109 Å². The van der Waals surface area contributed by atoms with Crippen molar-refractivity contribution >= 4 is 29.8 Å². The average Bonchev–Trinajstić information content (AvgIpc) is 2.86. The van der Waals surface area contributed by atoms with Gasteiger partial charge in [0, 0.05) is 23.9 Å². The van der Waals surface area contributed by atoms with E-state index in [-0.39, 0.29) is 24.1 Å². The number of hydrogen-bond acceptors (Lipinski definition) is 5. The number of hydrogen-bond donors (Lipinski definition) is 4. The lowest BCUT2D eigenvalue weighted by atomic mass is 10.0. The molecule has 0 fully saturated rings. The molecule has 7 nitrogen and oxygen atoms in total. The van der Waals surface area contributed by atoms with E-state index in [1.807, 2.05) is 48.5 Å². The zero-order valence-electron chi connectivity index (χ0n) is 20.0. The first-order valence-electron chi connectivity index (χ1n) is 11.3. The summed E-state index contributed by atoms with van der Waals surface area (Å²) < 4.78 is 11.4. The average molecular weight is 497 g/mol. The van der Waals surface area contributed by atoms with E-state index in [2.05, 4.69) is 17.6 Å².